The number of esters is 1. The molecule has 0 bridgehead atoms. The maximum atomic E-state index is 13.4. The minimum Gasteiger partial charge on any atom is -0.467 e. The monoisotopic (exact) mass is 707 g/mol. The van der Waals surface area contributed by atoms with Crippen molar-refractivity contribution in [2.24, 2.45) is 5.92 Å². The van der Waals surface area contributed by atoms with E-state index in [1.54, 1.807) is 29.2 Å². The van der Waals surface area contributed by atoms with Crippen LogP contribution < -0.4 is 9.64 Å². The molecule has 2 fully saturated rings. The van der Waals surface area contributed by atoms with Gasteiger partial charge >= 0.3 is 5.97 Å². The molecule has 4 N–H and O–H groups in total. The molecule has 0 aliphatic carbocycles. The number of halogens is 2. The van der Waals surface area contributed by atoms with Crippen molar-refractivity contribution >= 4 is 40.2 Å². The Hall–Kier alpha value is -3.14. The summed E-state index contributed by atoms with van der Waals surface area (Å²) >= 11 is 2.19. The summed E-state index contributed by atoms with van der Waals surface area (Å²) in [5, 5.41) is 41.4. The summed E-state index contributed by atoms with van der Waals surface area (Å²) in [5.74, 6) is -1.59. The molecule has 12 heteroatoms. The van der Waals surface area contributed by atoms with Gasteiger partial charge in [0.25, 0.3) is 0 Å². The van der Waals surface area contributed by atoms with Crippen LogP contribution in [0.4, 0.5) is 10.1 Å². The third kappa shape index (κ3) is 6.54. The SMILES string of the molecule is COC(=O)[C@H]1O[C@@H](Oc2ccc([C@@H]3[C@@H](CC[C@H](O)c4ccc(F)cc4)C(=O)N3c3ccc(I)cc3)cc2)[C@H](O)[C@@H](O)[C@@H]1O. The molecule has 0 radical (unpaired) electrons. The van der Waals surface area contributed by atoms with E-state index in [9.17, 15) is 34.4 Å². The second kappa shape index (κ2) is 13.2. The number of aliphatic hydroxyl groups is 4. The van der Waals surface area contributed by atoms with E-state index in [1.807, 2.05) is 24.3 Å². The quantitative estimate of drug-likeness (QED) is 0.150. The normalized spacial score (nSPS) is 27.7. The minimum absolute atomic E-state index is 0.0852. The van der Waals surface area contributed by atoms with Gasteiger partial charge in [-0.2, -0.15) is 0 Å². The molecule has 2 aliphatic rings. The number of aliphatic hydroxyl groups excluding tert-OH is 4. The van der Waals surface area contributed by atoms with Crippen molar-refractivity contribution in [1.29, 1.82) is 0 Å². The molecule has 0 saturated carbocycles. The highest BCUT2D eigenvalue weighted by molar-refractivity contribution is 14.1. The number of carbonyl (C=O) groups excluding carboxylic acids is 2. The number of amides is 1. The zero-order valence-electron chi connectivity index (χ0n) is 23.0. The first kappa shape index (κ1) is 31.3. The van der Waals surface area contributed by atoms with Gasteiger partial charge < -0.3 is 39.5 Å². The maximum Gasteiger partial charge on any atom is 0.337 e. The van der Waals surface area contributed by atoms with Gasteiger partial charge in [0.05, 0.1) is 25.2 Å². The summed E-state index contributed by atoms with van der Waals surface area (Å²) < 4.78 is 30.1. The van der Waals surface area contributed by atoms with E-state index < -0.39 is 54.5 Å². The predicted molar refractivity (Wildman–Crippen MR) is 159 cm³/mol. The fourth-order valence-electron chi connectivity index (χ4n) is 5.42. The summed E-state index contributed by atoms with van der Waals surface area (Å²) in [6.07, 6.45) is -8.26. The lowest BCUT2D eigenvalue weighted by Crippen LogP contribution is -2.61. The second-order valence-electron chi connectivity index (χ2n) is 10.5. The first-order valence-electron chi connectivity index (χ1n) is 13.6. The second-order valence-corrected chi connectivity index (χ2v) is 11.7. The predicted octanol–water partition coefficient (Wildman–Crippen LogP) is 3.01. The van der Waals surface area contributed by atoms with Gasteiger partial charge in [0.1, 0.15) is 29.9 Å². The fraction of sp³-hybridized carbons (Fsp3) is 0.355. The molecule has 0 spiro atoms. The molecule has 10 nitrogen and oxygen atoms in total. The Morgan fingerprint density at radius 2 is 1.63 bits per heavy atom. The van der Waals surface area contributed by atoms with Crippen LogP contribution in [-0.4, -0.2) is 70.1 Å². The van der Waals surface area contributed by atoms with E-state index in [4.69, 9.17) is 9.47 Å². The Morgan fingerprint density at radius 3 is 2.26 bits per heavy atom. The van der Waals surface area contributed by atoms with Gasteiger partial charge in [-0.3, -0.25) is 4.79 Å². The van der Waals surface area contributed by atoms with Crippen molar-refractivity contribution in [3.8, 4) is 5.75 Å². The van der Waals surface area contributed by atoms with Gasteiger partial charge in [-0.15, -0.1) is 0 Å². The van der Waals surface area contributed by atoms with Crippen LogP contribution in [0.5, 0.6) is 5.75 Å². The van der Waals surface area contributed by atoms with Crippen LogP contribution >= 0.6 is 22.6 Å². The van der Waals surface area contributed by atoms with E-state index in [0.717, 1.165) is 21.9 Å². The zero-order valence-corrected chi connectivity index (χ0v) is 25.2. The van der Waals surface area contributed by atoms with Crippen molar-refractivity contribution in [2.45, 2.75) is 55.7 Å². The van der Waals surface area contributed by atoms with Crippen LogP contribution in [0.25, 0.3) is 0 Å². The van der Waals surface area contributed by atoms with Crippen LogP contribution in [0.3, 0.4) is 0 Å². The van der Waals surface area contributed by atoms with Crippen molar-refractivity contribution in [3.05, 3.63) is 93.3 Å². The molecule has 2 heterocycles. The Labute approximate surface area is 260 Å². The zero-order chi connectivity index (χ0) is 30.8. The average molecular weight is 707 g/mol. The number of anilines is 1. The van der Waals surface area contributed by atoms with Gasteiger partial charge in [0.15, 0.2) is 6.10 Å². The van der Waals surface area contributed by atoms with Crippen molar-refractivity contribution in [1.82, 2.24) is 0 Å². The third-order valence-corrected chi connectivity index (χ3v) is 8.52. The molecule has 3 aromatic carbocycles. The minimum atomic E-state index is -1.71. The number of methoxy groups -OCH3 is 1. The van der Waals surface area contributed by atoms with Gasteiger partial charge in [0.2, 0.25) is 12.2 Å². The van der Waals surface area contributed by atoms with Gasteiger partial charge in [-0.25, -0.2) is 9.18 Å². The molecule has 0 aromatic heterocycles. The highest BCUT2D eigenvalue weighted by Gasteiger charge is 2.50. The summed E-state index contributed by atoms with van der Waals surface area (Å²) in [6.45, 7) is 0. The highest BCUT2D eigenvalue weighted by atomic mass is 127. The molecule has 2 saturated heterocycles. The fourth-order valence-corrected chi connectivity index (χ4v) is 5.78. The third-order valence-electron chi connectivity index (χ3n) is 7.80. The van der Waals surface area contributed by atoms with Crippen LogP contribution in [0.15, 0.2) is 72.8 Å². The number of benzene rings is 3. The molecule has 2 aliphatic heterocycles. The number of rotatable bonds is 9. The number of hydrogen-bond donors (Lipinski definition) is 4. The number of nitrogens with zero attached hydrogens (tertiary/aromatic N) is 1. The molecule has 228 valence electrons. The molecular weight excluding hydrogens is 676 g/mol. The standard InChI is InChI=1S/C31H31FINO9/c1-41-30(40)28-26(37)25(36)27(38)31(43-28)42-21-12-4-17(5-13-21)24-22(14-15-23(35)16-2-6-18(32)7-3-16)29(39)34(24)20-10-8-19(33)9-11-20/h2-13,22-28,31,35-38H,14-15H2,1H3/t22-,23+,24-,25+,26+,27-,28+,31-/m1/s1. The van der Waals surface area contributed by atoms with E-state index >= 15 is 0 Å². The van der Waals surface area contributed by atoms with E-state index in [1.165, 1.54) is 24.3 Å². The van der Waals surface area contributed by atoms with Gasteiger partial charge in [-0.05, 0) is 95.1 Å². The molecule has 8 atom stereocenters. The Balaban J connectivity index is 1.34. The van der Waals surface area contributed by atoms with Crippen molar-refractivity contribution < 1.29 is 48.6 Å². The Kier molecular flexibility index (Phi) is 9.63. The lowest BCUT2D eigenvalue weighted by atomic mass is 9.78. The first-order chi connectivity index (χ1) is 20.6. The lowest BCUT2D eigenvalue weighted by Gasteiger charge is -2.48. The Bertz CT molecular complexity index is 1420. The average Bonchev–Trinajstić information content (AvgIpc) is 3.01. The topological polar surface area (TPSA) is 146 Å². The molecule has 1 amide bonds. The van der Waals surface area contributed by atoms with Crippen LogP contribution in [0, 0.1) is 15.3 Å². The number of hydrogen-bond acceptors (Lipinski definition) is 9. The summed E-state index contributed by atoms with van der Waals surface area (Å²) in [5.41, 5.74) is 2.09. The largest absolute Gasteiger partial charge is 0.467 e. The summed E-state index contributed by atoms with van der Waals surface area (Å²) in [4.78, 5) is 27.1. The smallest absolute Gasteiger partial charge is 0.337 e. The van der Waals surface area contributed by atoms with E-state index in [0.29, 0.717) is 18.4 Å². The lowest BCUT2D eigenvalue weighted by molar-refractivity contribution is -0.271. The van der Waals surface area contributed by atoms with Crippen molar-refractivity contribution in [2.75, 3.05) is 12.0 Å². The summed E-state index contributed by atoms with van der Waals surface area (Å²) in [7, 11) is 1.10. The molecule has 43 heavy (non-hydrogen) atoms. The van der Waals surface area contributed by atoms with Gasteiger partial charge in [0, 0.05) is 9.26 Å². The van der Waals surface area contributed by atoms with E-state index in [2.05, 4.69) is 27.3 Å². The maximum absolute atomic E-state index is 13.4. The van der Waals surface area contributed by atoms with Crippen LogP contribution in [0.2, 0.25) is 0 Å². The molecular formula is C31H31FINO9. The molecule has 3 aromatic rings. The number of carbonyl (C=O) groups is 2. The van der Waals surface area contributed by atoms with Crippen LogP contribution in [-0.2, 0) is 19.1 Å². The molecule has 0 unspecified atom stereocenters. The highest BCUT2D eigenvalue weighted by Crippen LogP contribution is 2.46. The molecule has 5 rings (SSSR count). The first-order valence-corrected chi connectivity index (χ1v) is 14.7. The number of β-lactam (4-membered cyclic amide) rings is 1. The van der Waals surface area contributed by atoms with Crippen molar-refractivity contribution in [3.63, 3.8) is 0 Å². The summed E-state index contributed by atoms with van der Waals surface area (Å²) in [6, 6.07) is 19.6. The van der Waals surface area contributed by atoms with Gasteiger partial charge in [-0.1, -0.05) is 24.3 Å². The Morgan fingerprint density at radius 1 is 0.977 bits per heavy atom. The number of ether oxygens (including phenoxy) is 3. The van der Waals surface area contributed by atoms with Crippen LogP contribution in [0.1, 0.15) is 36.1 Å². The van der Waals surface area contributed by atoms with E-state index in [-0.39, 0.29) is 17.7 Å².